The van der Waals surface area contributed by atoms with Crippen molar-refractivity contribution < 1.29 is 0 Å². The van der Waals surface area contributed by atoms with Gasteiger partial charge in [0, 0.05) is 30.7 Å². The molecule has 2 atom stereocenters. The van der Waals surface area contributed by atoms with Crippen LogP contribution in [0.15, 0.2) is 0 Å². The summed E-state index contributed by atoms with van der Waals surface area (Å²) in [6.07, 6.45) is 3.94. The van der Waals surface area contributed by atoms with Crippen molar-refractivity contribution in [1.82, 2.24) is 10.2 Å². The van der Waals surface area contributed by atoms with Crippen molar-refractivity contribution in [2.75, 3.05) is 6.54 Å². The Morgan fingerprint density at radius 1 is 1.00 bits per heavy atom. The number of hydrogen-bond acceptors (Lipinski definition) is 2. The lowest BCUT2D eigenvalue weighted by molar-refractivity contribution is 0.0726. The third-order valence-electron chi connectivity index (χ3n) is 4.16. The molecular formula is C16H34N2. The summed E-state index contributed by atoms with van der Waals surface area (Å²) in [5, 5.41) is 3.73. The summed E-state index contributed by atoms with van der Waals surface area (Å²) in [4.78, 5) is 2.72. The smallest absolute Gasteiger partial charge is 0.0147 e. The Hall–Kier alpha value is -0.0800. The van der Waals surface area contributed by atoms with Gasteiger partial charge in [0.2, 0.25) is 0 Å². The highest BCUT2D eigenvalue weighted by atomic mass is 15.2. The van der Waals surface area contributed by atoms with E-state index in [1.165, 1.54) is 25.8 Å². The molecule has 18 heavy (non-hydrogen) atoms. The summed E-state index contributed by atoms with van der Waals surface area (Å²) in [7, 11) is 0. The minimum absolute atomic E-state index is 0.386. The lowest BCUT2D eigenvalue weighted by Gasteiger charge is -2.41. The number of nitrogens with one attached hydrogen (secondary N) is 1. The SMILES string of the molecule is CC(C)NC1CC[C@H](C(C)(C)C)N(C(C)C)CC1. The molecule has 0 aromatic carbocycles. The van der Waals surface area contributed by atoms with Crippen LogP contribution in [-0.2, 0) is 0 Å². The van der Waals surface area contributed by atoms with E-state index in [-0.39, 0.29) is 0 Å². The molecule has 108 valence electrons. The fraction of sp³-hybridized carbons (Fsp3) is 1.00. The van der Waals surface area contributed by atoms with Crippen LogP contribution in [0.5, 0.6) is 0 Å². The molecule has 1 aliphatic heterocycles. The zero-order valence-electron chi connectivity index (χ0n) is 13.6. The van der Waals surface area contributed by atoms with Gasteiger partial charge in [0.25, 0.3) is 0 Å². The molecule has 0 spiro atoms. The second-order valence-corrected chi connectivity index (χ2v) is 7.60. The zero-order chi connectivity index (χ0) is 13.9. The summed E-state index contributed by atoms with van der Waals surface area (Å²) in [6.45, 7) is 17.6. The second-order valence-electron chi connectivity index (χ2n) is 7.60. The standard InChI is InChI=1S/C16H34N2/c1-12(2)17-14-8-9-15(16(5,6)7)18(11-10-14)13(3)4/h12-15,17H,8-11H2,1-7H3/t14?,15-/m1/s1. The minimum Gasteiger partial charge on any atom is -0.312 e. The molecule has 1 aliphatic rings. The topological polar surface area (TPSA) is 15.3 Å². The molecule has 0 bridgehead atoms. The number of likely N-dealkylation sites (tertiary alicyclic amines) is 1. The van der Waals surface area contributed by atoms with Gasteiger partial charge in [0.05, 0.1) is 0 Å². The third-order valence-corrected chi connectivity index (χ3v) is 4.16. The minimum atomic E-state index is 0.386. The van der Waals surface area contributed by atoms with E-state index < -0.39 is 0 Å². The van der Waals surface area contributed by atoms with Gasteiger partial charge in [-0.2, -0.15) is 0 Å². The highest BCUT2D eigenvalue weighted by molar-refractivity contribution is 4.90. The van der Waals surface area contributed by atoms with E-state index in [9.17, 15) is 0 Å². The highest BCUT2D eigenvalue weighted by Crippen LogP contribution is 2.32. The average molecular weight is 254 g/mol. The van der Waals surface area contributed by atoms with E-state index in [2.05, 4.69) is 58.7 Å². The summed E-state index contributed by atoms with van der Waals surface area (Å²) < 4.78 is 0. The summed E-state index contributed by atoms with van der Waals surface area (Å²) in [5.74, 6) is 0. The number of hydrogen-bond donors (Lipinski definition) is 1. The van der Waals surface area contributed by atoms with Gasteiger partial charge in [0.15, 0.2) is 0 Å². The van der Waals surface area contributed by atoms with Crippen molar-refractivity contribution in [1.29, 1.82) is 0 Å². The van der Waals surface area contributed by atoms with E-state index in [1.807, 2.05) is 0 Å². The van der Waals surface area contributed by atoms with Crippen LogP contribution in [0.25, 0.3) is 0 Å². The quantitative estimate of drug-likeness (QED) is 0.827. The molecule has 0 aromatic heterocycles. The maximum absolute atomic E-state index is 3.73. The van der Waals surface area contributed by atoms with Crippen LogP contribution in [0, 0.1) is 5.41 Å². The Bertz CT molecular complexity index is 240. The van der Waals surface area contributed by atoms with Crippen molar-refractivity contribution in [3.63, 3.8) is 0 Å². The van der Waals surface area contributed by atoms with Gasteiger partial charge in [-0.1, -0.05) is 34.6 Å². The molecule has 0 amide bonds. The molecule has 2 nitrogen and oxygen atoms in total. The predicted molar refractivity (Wildman–Crippen MR) is 81.0 cm³/mol. The van der Waals surface area contributed by atoms with Gasteiger partial charge < -0.3 is 5.32 Å². The average Bonchev–Trinajstić information content (AvgIpc) is 2.38. The first kappa shape index (κ1) is 16.0. The monoisotopic (exact) mass is 254 g/mol. The molecule has 1 N–H and O–H groups in total. The molecular weight excluding hydrogens is 220 g/mol. The van der Waals surface area contributed by atoms with Crippen molar-refractivity contribution in [3.8, 4) is 0 Å². The van der Waals surface area contributed by atoms with Crippen molar-refractivity contribution >= 4 is 0 Å². The third kappa shape index (κ3) is 4.55. The Labute approximate surface area is 115 Å². The van der Waals surface area contributed by atoms with E-state index in [4.69, 9.17) is 0 Å². The van der Waals surface area contributed by atoms with E-state index in [0.717, 1.165) is 6.04 Å². The maximum Gasteiger partial charge on any atom is 0.0147 e. The molecule has 1 unspecified atom stereocenters. The largest absolute Gasteiger partial charge is 0.312 e. The van der Waals surface area contributed by atoms with E-state index >= 15 is 0 Å². The Morgan fingerprint density at radius 2 is 1.61 bits per heavy atom. The summed E-state index contributed by atoms with van der Waals surface area (Å²) >= 11 is 0. The molecule has 0 aliphatic carbocycles. The number of rotatable bonds is 3. The van der Waals surface area contributed by atoms with Crippen molar-refractivity contribution in [2.45, 2.75) is 91.9 Å². The second kappa shape index (κ2) is 6.38. The van der Waals surface area contributed by atoms with Gasteiger partial charge >= 0.3 is 0 Å². The van der Waals surface area contributed by atoms with Gasteiger partial charge in [-0.25, -0.2) is 0 Å². The van der Waals surface area contributed by atoms with Crippen LogP contribution >= 0.6 is 0 Å². The van der Waals surface area contributed by atoms with Gasteiger partial charge in [-0.15, -0.1) is 0 Å². The van der Waals surface area contributed by atoms with Gasteiger partial charge in [-0.3, -0.25) is 4.90 Å². The molecule has 1 rings (SSSR count). The summed E-state index contributed by atoms with van der Waals surface area (Å²) in [6, 6.07) is 2.69. The fourth-order valence-electron chi connectivity index (χ4n) is 3.32. The van der Waals surface area contributed by atoms with Crippen LogP contribution in [0.3, 0.4) is 0 Å². The molecule has 2 heteroatoms. The first-order chi connectivity index (χ1) is 8.21. The van der Waals surface area contributed by atoms with Crippen LogP contribution < -0.4 is 5.32 Å². The Balaban J connectivity index is 2.72. The molecule has 1 saturated heterocycles. The normalized spacial score (nSPS) is 27.8. The molecule has 1 fully saturated rings. The molecule has 1 heterocycles. The molecule has 0 aromatic rings. The highest BCUT2D eigenvalue weighted by Gasteiger charge is 2.34. The first-order valence-corrected chi connectivity index (χ1v) is 7.73. The fourth-order valence-corrected chi connectivity index (χ4v) is 3.32. The van der Waals surface area contributed by atoms with E-state index in [0.29, 0.717) is 23.5 Å². The van der Waals surface area contributed by atoms with Crippen molar-refractivity contribution in [2.24, 2.45) is 5.41 Å². The van der Waals surface area contributed by atoms with Crippen LogP contribution in [0.4, 0.5) is 0 Å². The van der Waals surface area contributed by atoms with Crippen LogP contribution in [0.2, 0.25) is 0 Å². The lowest BCUT2D eigenvalue weighted by atomic mass is 9.82. The molecule has 0 saturated carbocycles. The Kier molecular flexibility index (Phi) is 5.67. The van der Waals surface area contributed by atoms with E-state index in [1.54, 1.807) is 0 Å². The van der Waals surface area contributed by atoms with Gasteiger partial charge in [0.1, 0.15) is 0 Å². The van der Waals surface area contributed by atoms with Crippen molar-refractivity contribution in [3.05, 3.63) is 0 Å². The van der Waals surface area contributed by atoms with Crippen LogP contribution in [-0.4, -0.2) is 35.6 Å². The maximum atomic E-state index is 3.73. The van der Waals surface area contributed by atoms with Crippen LogP contribution in [0.1, 0.15) is 67.7 Å². The lowest BCUT2D eigenvalue weighted by Crippen LogP contribution is -2.47. The zero-order valence-corrected chi connectivity index (χ0v) is 13.6. The van der Waals surface area contributed by atoms with Gasteiger partial charge in [-0.05, 0) is 38.5 Å². The Morgan fingerprint density at radius 3 is 2.06 bits per heavy atom. The summed E-state index contributed by atoms with van der Waals surface area (Å²) in [5.41, 5.74) is 0.386. The number of nitrogens with zero attached hydrogens (tertiary/aromatic N) is 1. The molecule has 0 radical (unpaired) electrons. The first-order valence-electron chi connectivity index (χ1n) is 7.73. The predicted octanol–water partition coefficient (Wildman–Crippen LogP) is 3.66.